The van der Waals surface area contributed by atoms with E-state index in [9.17, 15) is 4.79 Å². The largest absolute Gasteiger partial charge is 0.345 e. The van der Waals surface area contributed by atoms with Crippen molar-refractivity contribution in [2.45, 2.75) is 52.2 Å². The minimum atomic E-state index is -0.0794. The number of allylic oxidation sites excluding steroid dienone is 1. The molecule has 0 spiro atoms. The molecule has 1 aliphatic carbocycles. The fourth-order valence-electron chi connectivity index (χ4n) is 5.20. The molecule has 0 saturated heterocycles. The summed E-state index contributed by atoms with van der Waals surface area (Å²) >= 11 is 0. The number of rotatable bonds is 3. The van der Waals surface area contributed by atoms with Crippen LogP contribution < -0.4 is 4.90 Å². The molecule has 6 nitrogen and oxygen atoms in total. The highest BCUT2D eigenvalue weighted by atomic mass is 16.2. The van der Waals surface area contributed by atoms with E-state index < -0.39 is 0 Å². The van der Waals surface area contributed by atoms with Crippen LogP contribution in [0.4, 0.5) is 5.69 Å². The van der Waals surface area contributed by atoms with Crippen molar-refractivity contribution in [3.63, 3.8) is 0 Å². The van der Waals surface area contributed by atoms with Crippen LogP contribution in [0.3, 0.4) is 0 Å². The molecular formula is C27H27N5O. The number of para-hydroxylation sites is 1. The number of aryl methyl sites for hydroxylation is 1. The first-order valence-corrected chi connectivity index (χ1v) is 11.5. The zero-order valence-corrected chi connectivity index (χ0v) is 19.0. The molecule has 33 heavy (non-hydrogen) atoms. The molecule has 2 heterocycles. The normalized spacial score (nSPS) is 17.6. The topological polar surface area (TPSA) is 74.0 Å². The van der Waals surface area contributed by atoms with Crippen LogP contribution in [0.25, 0.3) is 16.0 Å². The van der Waals surface area contributed by atoms with Gasteiger partial charge in [0.25, 0.3) is 5.91 Å². The van der Waals surface area contributed by atoms with Gasteiger partial charge in [0.05, 0.1) is 12.6 Å². The molecule has 1 atom stereocenters. The molecule has 0 N–H and O–H groups in total. The quantitative estimate of drug-likeness (QED) is 0.257. The van der Waals surface area contributed by atoms with Gasteiger partial charge in [-0.3, -0.25) is 4.79 Å². The number of nitrogens with zero attached hydrogens (tertiary/aromatic N) is 5. The second-order valence-corrected chi connectivity index (χ2v) is 8.95. The van der Waals surface area contributed by atoms with Crippen LogP contribution in [0.5, 0.6) is 0 Å². The zero-order valence-electron chi connectivity index (χ0n) is 19.0. The summed E-state index contributed by atoms with van der Waals surface area (Å²) in [6, 6.07) is 18.2. The SMILES string of the molecule is CC1=C(c2ccc(C(=O)N3Cc4cccn4Cc4ccccc43)cc2C)CCCC1N=[N+]=[N-]. The van der Waals surface area contributed by atoms with E-state index in [2.05, 4.69) is 52.8 Å². The molecule has 166 valence electrons. The van der Waals surface area contributed by atoms with Gasteiger partial charge >= 0.3 is 0 Å². The molecule has 1 aliphatic heterocycles. The molecule has 2 aliphatic rings. The highest BCUT2D eigenvalue weighted by Crippen LogP contribution is 2.36. The van der Waals surface area contributed by atoms with Gasteiger partial charge < -0.3 is 9.47 Å². The first-order valence-electron chi connectivity index (χ1n) is 11.5. The van der Waals surface area contributed by atoms with Gasteiger partial charge in [-0.25, -0.2) is 0 Å². The Morgan fingerprint density at radius 1 is 1.09 bits per heavy atom. The lowest BCUT2D eigenvalue weighted by Crippen LogP contribution is -2.30. The second kappa shape index (κ2) is 8.64. The maximum Gasteiger partial charge on any atom is 0.258 e. The predicted octanol–water partition coefficient (Wildman–Crippen LogP) is 6.64. The van der Waals surface area contributed by atoms with E-state index in [4.69, 9.17) is 5.53 Å². The summed E-state index contributed by atoms with van der Waals surface area (Å²) in [4.78, 5) is 18.7. The Morgan fingerprint density at radius 3 is 2.76 bits per heavy atom. The van der Waals surface area contributed by atoms with Crippen LogP contribution in [0.1, 0.15) is 58.9 Å². The molecule has 0 radical (unpaired) electrons. The zero-order chi connectivity index (χ0) is 22.9. The Kier molecular flexibility index (Phi) is 5.53. The molecule has 5 rings (SSSR count). The molecule has 0 bridgehead atoms. The van der Waals surface area contributed by atoms with Crippen molar-refractivity contribution >= 4 is 17.2 Å². The summed E-state index contributed by atoms with van der Waals surface area (Å²) in [5.74, 6) is 0.00746. The molecule has 2 aromatic carbocycles. The fourth-order valence-corrected chi connectivity index (χ4v) is 5.20. The van der Waals surface area contributed by atoms with Crippen molar-refractivity contribution in [1.29, 1.82) is 0 Å². The van der Waals surface area contributed by atoms with E-state index in [1.165, 1.54) is 5.57 Å². The highest BCUT2D eigenvalue weighted by molar-refractivity contribution is 6.06. The van der Waals surface area contributed by atoms with E-state index in [1.54, 1.807) is 0 Å². The molecule has 0 saturated carbocycles. The lowest BCUT2D eigenvalue weighted by atomic mass is 9.83. The average Bonchev–Trinajstić information content (AvgIpc) is 3.19. The van der Waals surface area contributed by atoms with Crippen molar-refractivity contribution in [1.82, 2.24) is 4.57 Å². The first-order chi connectivity index (χ1) is 16.1. The van der Waals surface area contributed by atoms with Gasteiger partial charge in [-0.15, -0.1) is 0 Å². The van der Waals surface area contributed by atoms with E-state index in [-0.39, 0.29) is 11.9 Å². The molecule has 1 amide bonds. The van der Waals surface area contributed by atoms with E-state index in [1.807, 2.05) is 41.3 Å². The van der Waals surface area contributed by atoms with Crippen LogP contribution >= 0.6 is 0 Å². The number of hydrogen-bond donors (Lipinski definition) is 0. The summed E-state index contributed by atoms with van der Waals surface area (Å²) in [5.41, 5.74) is 17.4. The third-order valence-electron chi connectivity index (χ3n) is 6.98. The Bertz CT molecular complexity index is 1310. The highest BCUT2D eigenvalue weighted by Gasteiger charge is 2.26. The molecule has 1 unspecified atom stereocenters. The number of benzene rings is 2. The van der Waals surface area contributed by atoms with Crippen LogP contribution in [0, 0.1) is 6.92 Å². The van der Waals surface area contributed by atoms with Crippen LogP contribution in [0.2, 0.25) is 0 Å². The summed E-state index contributed by atoms with van der Waals surface area (Å²) in [6.07, 6.45) is 4.93. The van der Waals surface area contributed by atoms with Gasteiger partial charge in [0.1, 0.15) is 0 Å². The number of amides is 1. The Morgan fingerprint density at radius 2 is 1.94 bits per heavy atom. The van der Waals surface area contributed by atoms with Crippen molar-refractivity contribution in [2.75, 3.05) is 4.90 Å². The van der Waals surface area contributed by atoms with E-state index in [0.29, 0.717) is 12.1 Å². The average molecular weight is 438 g/mol. The monoisotopic (exact) mass is 437 g/mol. The number of anilines is 1. The minimum absolute atomic E-state index is 0.00746. The van der Waals surface area contributed by atoms with Gasteiger partial charge in [0, 0.05) is 34.6 Å². The Labute approximate surface area is 193 Å². The van der Waals surface area contributed by atoms with Crippen molar-refractivity contribution in [3.05, 3.63) is 105 Å². The number of carbonyl (C=O) groups is 1. The van der Waals surface area contributed by atoms with Gasteiger partial charge in [0.2, 0.25) is 0 Å². The van der Waals surface area contributed by atoms with Gasteiger partial charge in [-0.05, 0) is 91.2 Å². The number of carbonyl (C=O) groups excluding carboxylic acids is 1. The Balaban J connectivity index is 1.51. The maximum absolute atomic E-state index is 13.7. The van der Waals surface area contributed by atoms with Gasteiger partial charge in [0.15, 0.2) is 0 Å². The van der Waals surface area contributed by atoms with Crippen LogP contribution in [-0.4, -0.2) is 16.5 Å². The van der Waals surface area contributed by atoms with Crippen LogP contribution in [0.15, 0.2) is 71.5 Å². The number of azide groups is 1. The third kappa shape index (κ3) is 3.83. The molecule has 0 fully saturated rings. The van der Waals surface area contributed by atoms with Crippen molar-refractivity contribution < 1.29 is 4.79 Å². The molecule has 3 aromatic rings. The summed E-state index contributed by atoms with van der Waals surface area (Å²) in [7, 11) is 0. The van der Waals surface area contributed by atoms with Crippen molar-refractivity contribution in [3.8, 4) is 0 Å². The van der Waals surface area contributed by atoms with E-state index in [0.717, 1.165) is 59.5 Å². The van der Waals surface area contributed by atoms with Crippen molar-refractivity contribution in [2.24, 2.45) is 5.11 Å². The maximum atomic E-state index is 13.7. The minimum Gasteiger partial charge on any atom is -0.345 e. The summed E-state index contributed by atoms with van der Waals surface area (Å²) in [6.45, 7) is 5.43. The fraction of sp³-hybridized carbons (Fsp3) is 0.296. The van der Waals surface area contributed by atoms with Crippen LogP contribution in [-0.2, 0) is 13.1 Å². The Hall–Kier alpha value is -3.76. The van der Waals surface area contributed by atoms with Gasteiger partial charge in [-0.1, -0.05) is 35.0 Å². The smallest absolute Gasteiger partial charge is 0.258 e. The van der Waals surface area contributed by atoms with Gasteiger partial charge in [-0.2, -0.15) is 0 Å². The third-order valence-corrected chi connectivity index (χ3v) is 6.98. The van der Waals surface area contributed by atoms with E-state index >= 15 is 0 Å². The number of fused-ring (bicyclic) bond motifs is 2. The standard InChI is InChI=1S/C27H27N5O/c1-18-15-20(12-13-23(18)24-9-5-10-25(19(24)2)29-30-28)27(33)32-17-22-8-6-14-31(22)16-21-7-3-4-11-26(21)32/h3-4,6-8,11-15,25H,5,9-10,16-17H2,1-2H3. The number of aromatic nitrogens is 1. The first kappa shape index (κ1) is 21.1. The second-order valence-electron chi connectivity index (χ2n) is 8.95. The summed E-state index contributed by atoms with van der Waals surface area (Å²) < 4.78 is 2.21. The predicted molar refractivity (Wildman–Crippen MR) is 131 cm³/mol. The number of hydrogen-bond acceptors (Lipinski definition) is 2. The lowest BCUT2D eigenvalue weighted by Gasteiger charge is -2.26. The summed E-state index contributed by atoms with van der Waals surface area (Å²) in [5, 5.41) is 3.98. The molecule has 6 heteroatoms. The molecular weight excluding hydrogens is 410 g/mol. The lowest BCUT2D eigenvalue weighted by molar-refractivity contribution is 0.0985. The molecule has 1 aromatic heterocycles.